The van der Waals surface area contributed by atoms with Crippen LogP contribution < -0.4 is 10.6 Å². The van der Waals surface area contributed by atoms with Gasteiger partial charge in [-0.2, -0.15) is 5.26 Å². The standard InChI is InChI=1S/C15H22N4O/c1-12-7-13(9-16)8-14(19-12)18-10-15(11-20-2)3-5-17-6-4-15/h7-8,17H,3-6,10-11H2,1-2H3,(H,18,19). The van der Waals surface area contributed by atoms with Crippen LogP contribution in [0.2, 0.25) is 0 Å². The van der Waals surface area contributed by atoms with E-state index >= 15 is 0 Å². The Morgan fingerprint density at radius 1 is 1.45 bits per heavy atom. The molecule has 2 heterocycles. The smallest absolute Gasteiger partial charge is 0.127 e. The minimum Gasteiger partial charge on any atom is -0.384 e. The number of piperidine rings is 1. The van der Waals surface area contributed by atoms with E-state index in [1.165, 1.54) is 0 Å². The average molecular weight is 274 g/mol. The van der Waals surface area contributed by atoms with Crippen molar-refractivity contribution in [1.82, 2.24) is 10.3 Å². The van der Waals surface area contributed by atoms with Crippen LogP contribution in [0.1, 0.15) is 24.1 Å². The number of aryl methyl sites for hydroxylation is 1. The molecule has 0 spiro atoms. The van der Waals surface area contributed by atoms with Gasteiger partial charge in [0.1, 0.15) is 5.82 Å². The van der Waals surface area contributed by atoms with Crippen molar-refractivity contribution in [1.29, 1.82) is 5.26 Å². The molecule has 0 aliphatic carbocycles. The maximum atomic E-state index is 9.00. The lowest BCUT2D eigenvalue weighted by atomic mass is 9.79. The van der Waals surface area contributed by atoms with E-state index in [2.05, 4.69) is 21.7 Å². The highest BCUT2D eigenvalue weighted by Gasteiger charge is 2.32. The minimum absolute atomic E-state index is 0.151. The first-order valence-electron chi connectivity index (χ1n) is 7.00. The van der Waals surface area contributed by atoms with Gasteiger partial charge in [0.2, 0.25) is 0 Å². The van der Waals surface area contributed by atoms with Crippen LogP contribution in [0.25, 0.3) is 0 Å². The highest BCUT2D eigenvalue weighted by atomic mass is 16.5. The molecule has 0 saturated carbocycles. The van der Waals surface area contributed by atoms with Crippen molar-refractivity contribution in [3.8, 4) is 6.07 Å². The number of pyridine rings is 1. The molecule has 1 fully saturated rings. The fourth-order valence-corrected chi connectivity index (χ4v) is 2.74. The quantitative estimate of drug-likeness (QED) is 0.855. The van der Waals surface area contributed by atoms with Crippen molar-refractivity contribution < 1.29 is 4.74 Å². The second kappa shape index (κ2) is 6.69. The number of ether oxygens (including phenoxy) is 1. The monoisotopic (exact) mass is 274 g/mol. The third-order valence-corrected chi connectivity index (χ3v) is 3.84. The fourth-order valence-electron chi connectivity index (χ4n) is 2.74. The first kappa shape index (κ1) is 14.8. The van der Waals surface area contributed by atoms with E-state index in [0.717, 1.165) is 50.6 Å². The lowest BCUT2D eigenvalue weighted by Gasteiger charge is -2.37. The summed E-state index contributed by atoms with van der Waals surface area (Å²) in [5.41, 5.74) is 1.65. The van der Waals surface area contributed by atoms with Gasteiger partial charge in [-0.3, -0.25) is 0 Å². The molecule has 1 aromatic heterocycles. The van der Waals surface area contributed by atoms with Gasteiger partial charge < -0.3 is 15.4 Å². The summed E-state index contributed by atoms with van der Waals surface area (Å²) in [6, 6.07) is 5.76. The van der Waals surface area contributed by atoms with Gasteiger partial charge in [0.05, 0.1) is 18.2 Å². The molecule has 0 radical (unpaired) electrons. The van der Waals surface area contributed by atoms with Crippen LogP contribution in [-0.2, 0) is 4.74 Å². The highest BCUT2D eigenvalue weighted by Crippen LogP contribution is 2.29. The van der Waals surface area contributed by atoms with Gasteiger partial charge in [0, 0.05) is 24.8 Å². The predicted octanol–water partition coefficient (Wildman–Crippen LogP) is 1.69. The number of nitriles is 1. The lowest BCUT2D eigenvalue weighted by Crippen LogP contribution is -2.44. The Morgan fingerprint density at radius 3 is 2.85 bits per heavy atom. The Labute approximate surface area is 120 Å². The van der Waals surface area contributed by atoms with Crippen LogP contribution in [-0.4, -0.2) is 38.3 Å². The summed E-state index contributed by atoms with van der Waals surface area (Å²) in [6.07, 6.45) is 2.18. The maximum Gasteiger partial charge on any atom is 0.127 e. The van der Waals surface area contributed by atoms with E-state index in [4.69, 9.17) is 10.00 Å². The Hall–Kier alpha value is -1.64. The van der Waals surface area contributed by atoms with Crippen molar-refractivity contribution in [3.05, 3.63) is 23.4 Å². The number of hydrogen-bond donors (Lipinski definition) is 2. The number of nitrogens with one attached hydrogen (secondary N) is 2. The largest absolute Gasteiger partial charge is 0.384 e. The second-order valence-electron chi connectivity index (χ2n) is 5.53. The van der Waals surface area contributed by atoms with Crippen LogP contribution in [0, 0.1) is 23.7 Å². The minimum atomic E-state index is 0.151. The lowest BCUT2D eigenvalue weighted by molar-refractivity contribution is 0.0635. The molecule has 1 aromatic rings. The third-order valence-electron chi connectivity index (χ3n) is 3.84. The molecule has 20 heavy (non-hydrogen) atoms. The zero-order valence-electron chi connectivity index (χ0n) is 12.2. The Morgan fingerprint density at radius 2 is 2.20 bits per heavy atom. The van der Waals surface area contributed by atoms with E-state index in [1.54, 1.807) is 19.2 Å². The average Bonchev–Trinajstić information content (AvgIpc) is 2.46. The van der Waals surface area contributed by atoms with Crippen LogP contribution in [0.3, 0.4) is 0 Å². The van der Waals surface area contributed by atoms with E-state index < -0.39 is 0 Å². The van der Waals surface area contributed by atoms with Gasteiger partial charge in [-0.15, -0.1) is 0 Å². The number of hydrogen-bond acceptors (Lipinski definition) is 5. The Balaban J connectivity index is 2.05. The number of aromatic nitrogens is 1. The molecule has 2 rings (SSSR count). The van der Waals surface area contributed by atoms with Crippen LogP contribution in [0.5, 0.6) is 0 Å². The molecule has 5 nitrogen and oxygen atoms in total. The van der Waals surface area contributed by atoms with Gasteiger partial charge in [-0.25, -0.2) is 4.98 Å². The van der Waals surface area contributed by atoms with Crippen molar-refractivity contribution in [2.24, 2.45) is 5.41 Å². The normalized spacial score (nSPS) is 17.4. The summed E-state index contributed by atoms with van der Waals surface area (Å²) in [5.74, 6) is 0.774. The summed E-state index contributed by atoms with van der Waals surface area (Å²) in [4.78, 5) is 4.44. The Kier molecular flexibility index (Phi) is 4.94. The van der Waals surface area contributed by atoms with Gasteiger partial charge in [0.25, 0.3) is 0 Å². The molecule has 5 heteroatoms. The summed E-state index contributed by atoms with van der Waals surface area (Å²) in [7, 11) is 1.75. The van der Waals surface area contributed by atoms with Crippen LogP contribution in [0.15, 0.2) is 12.1 Å². The molecule has 1 aliphatic heterocycles. The van der Waals surface area contributed by atoms with E-state index in [0.29, 0.717) is 5.56 Å². The number of nitrogens with zero attached hydrogens (tertiary/aromatic N) is 2. The van der Waals surface area contributed by atoms with E-state index in [9.17, 15) is 0 Å². The maximum absolute atomic E-state index is 9.00. The number of anilines is 1. The van der Waals surface area contributed by atoms with Gasteiger partial charge in [-0.05, 0) is 45.0 Å². The molecular formula is C15H22N4O. The van der Waals surface area contributed by atoms with Crippen molar-refractivity contribution in [3.63, 3.8) is 0 Å². The predicted molar refractivity (Wildman–Crippen MR) is 78.6 cm³/mol. The van der Waals surface area contributed by atoms with Gasteiger partial charge in [-0.1, -0.05) is 0 Å². The molecule has 0 bridgehead atoms. The Bertz CT molecular complexity index is 484. The van der Waals surface area contributed by atoms with Crippen molar-refractivity contribution in [2.75, 3.05) is 38.7 Å². The van der Waals surface area contributed by atoms with E-state index in [1.807, 2.05) is 6.92 Å². The number of methoxy groups -OCH3 is 1. The SMILES string of the molecule is COCC1(CNc2cc(C#N)cc(C)n2)CCNCC1. The second-order valence-corrected chi connectivity index (χ2v) is 5.53. The molecular weight excluding hydrogens is 252 g/mol. The highest BCUT2D eigenvalue weighted by molar-refractivity contribution is 5.44. The number of rotatable bonds is 5. The van der Waals surface area contributed by atoms with Crippen LogP contribution >= 0.6 is 0 Å². The molecule has 108 valence electrons. The molecule has 2 N–H and O–H groups in total. The summed E-state index contributed by atoms with van der Waals surface area (Å²) >= 11 is 0. The fraction of sp³-hybridized carbons (Fsp3) is 0.600. The van der Waals surface area contributed by atoms with Crippen molar-refractivity contribution >= 4 is 5.82 Å². The molecule has 0 amide bonds. The van der Waals surface area contributed by atoms with E-state index in [-0.39, 0.29) is 5.41 Å². The third kappa shape index (κ3) is 3.69. The summed E-state index contributed by atoms with van der Waals surface area (Å²) in [6.45, 7) is 5.52. The molecule has 1 aliphatic rings. The first-order chi connectivity index (χ1) is 9.67. The molecule has 0 atom stereocenters. The topological polar surface area (TPSA) is 70.0 Å². The molecule has 1 saturated heterocycles. The summed E-state index contributed by atoms with van der Waals surface area (Å²) < 4.78 is 5.40. The summed E-state index contributed by atoms with van der Waals surface area (Å²) in [5, 5.41) is 15.8. The molecule has 0 aromatic carbocycles. The van der Waals surface area contributed by atoms with Gasteiger partial charge in [0.15, 0.2) is 0 Å². The van der Waals surface area contributed by atoms with Crippen molar-refractivity contribution in [2.45, 2.75) is 19.8 Å². The molecule has 0 unspecified atom stereocenters. The van der Waals surface area contributed by atoms with Gasteiger partial charge >= 0.3 is 0 Å². The zero-order valence-corrected chi connectivity index (χ0v) is 12.2. The van der Waals surface area contributed by atoms with Crippen LogP contribution in [0.4, 0.5) is 5.82 Å². The first-order valence-corrected chi connectivity index (χ1v) is 7.00. The zero-order chi connectivity index (χ0) is 14.4.